The van der Waals surface area contributed by atoms with Crippen LogP contribution in [0.25, 0.3) is 11.3 Å². The molecule has 3 aromatic rings. The maximum atomic E-state index is 12.8. The predicted molar refractivity (Wildman–Crippen MR) is 113 cm³/mol. The minimum Gasteiger partial charge on any atom is -0.311 e. The molecule has 7 heteroatoms. The lowest BCUT2D eigenvalue weighted by Gasteiger charge is -2.30. The molecule has 0 bridgehead atoms. The van der Waals surface area contributed by atoms with E-state index < -0.39 is 0 Å². The highest BCUT2D eigenvalue weighted by Gasteiger charge is 2.22. The summed E-state index contributed by atoms with van der Waals surface area (Å²) in [5, 5.41) is 7.73. The average molecular weight is 396 g/mol. The number of benzene rings is 1. The maximum Gasteiger partial charge on any atom is 0.230 e. The van der Waals surface area contributed by atoms with Gasteiger partial charge in [-0.2, -0.15) is 5.10 Å². The quantitative estimate of drug-likeness (QED) is 0.714. The summed E-state index contributed by atoms with van der Waals surface area (Å²) in [5.74, 6) is 0.762. The van der Waals surface area contributed by atoms with E-state index in [1.807, 2.05) is 48.0 Å². The Labute approximate surface area is 169 Å². The molecule has 1 amide bonds. The Morgan fingerprint density at radius 3 is 2.75 bits per heavy atom. The van der Waals surface area contributed by atoms with Gasteiger partial charge in [0, 0.05) is 16.5 Å². The Morgan fingerprint density at radius 2 is 2.00 bits per heavy atom. The van der Waals surface area contributed by atoms with Gasteiger partial charge in [-0.05, 0) is 39.9 Å². The number of carbonyl (C=O) groups is 1. The number of anilines is 1. The summed E-state index contributed by atoms with van der Waals surface area (Å²) in [6.45, 7) is 4.08. The van der Waals surface area contributed by atoms with Crippen LogP contribution in [0.1, 0.15) is 29.5 Å². The van der Waals surface area contributed by atoms with Crippen LogP contribution < -0.4 is 5.32 Å². The van der Waals surface area contributed by atoms with Crippen LogP contribution in [0.3, 0.4) is 0 Å². The van der Waals surface area contributed by atoms with Crippen LogP contribution in [0, 0.1) is 6.92 Å². The van der Waals surface area contributed by atoms with Crippen LogP contribution in [0.4, 0.5) is 5.82 Å². The number of carbonyl (C=O) groups excluding carboxylic acids is 1. The zero-order chi connectivity index (χ0) is 19.5. The summed E-state index contributed by atoms with van der Waals surface area (Å²) in [6, 6.07) is 12.3. The topological polar surface area (TPSA) is 63.1 Å². The monoisotopic (exact) mass is 395 g/mol. The number of likely N-dealkylation sites (tertiary alicyclic amines) is 1. The molecule has 2 aromatic heterocycles. The van der Waals surface area contributed by atoms with Gasteiger partial charge >= 0.3 is 0 Å². The van der Waals surface area contributed by atoms with Crippen LogP contribution in [0.2, 0.25) is 0 Å². The number of rotatable bonds is 5. The minimum atomic E-state index is -0.0319. The molecule has 28 heavy (non-hydrogen) atoms. The Balaban J connectivity index is 1.48. The van der Waals surface area contributed by atoms with Gasteiger partial charge in [-0.25, -0.2) is 9.67 Å². The molecule has 6 nitrogen and oxygen atoms in total. The molecule has 1 aliphatic rings. The maximum absolute atomic E-state index is 12.8. The van der Waals surface area contributed by atoms with E-state index in [0.29, 0.717) is 12.5 Å². The first-order valence-electron chi connectivity index (χ1n) is 9.62. The van der Waals surface area contributed by atoms with Crippen LogP contribution in [-0.2, 0) is 11.2 Å². The zero-order valence-corrected chi connectivity index (χ0v) is 17.1. The predicted octanol–water partition coefficient (Wildman–Crippen LogP) is 3.76. The molecule has 1 saturated heterocycles. The largest absolute Gasteiger partial charge is 0.311 e. The van der Waals surface area contributed by atoms with E-state index in [1.54, 1.807) is 5.51 Å². The SMILES string of the molecule is Cc1cc(NC(=O)Cc2scnc2-c2ccccc2)n(C2CCN(C)CC2)n1. The smallest absolute Gasteiger partial charge is 0.230 e. The number of hydrogen-bond acceptors (Lipinski definition) is 5. The highest BCUT2D eigenvalue weighted by Crippen LogP contribution is 2.28. The van der Waals surface area contributed by atoms with Crippen molar-refractivity contribution in [3.63, 3.8) is 0 Å². The van der Waals surface area contributed by atoms with Gasteiger partial charge in [0.2, 0.25) is 5.91 Å². The molecular weight excluding hydrogens is 370 g/mol. The fourth-order valence-corrected chi connectivity index (χ4v) is 4.47. The minimum absolute atomic E-state index is 0.0319. The molecule has 1 aromatic carbocycles. The van der Waals surface area contributed by atoms with E-state index in [2.05, 4.69) is 27.3 Å². The number of amides is 1. The van der Waals surface area contributed by atoms with Crippen LogP contribution in [0.15, 0.2) is 41.9 Å². The number of nitrogens with zero attached hydrogens (tertiary/aromatic N) is 4. The van der Waals surface area contributed by atoms with Gasteiger partial charge in [-0.1, -0.05) is 30.3 Å². The second kappa shape index (κ2) is 8.24. The van der Waals surface area contributed by atoms with Gasteiger partial charge in [0.05, 0.1) is 29.4 Å². The molecule has 1 aliphatic heterocycles. The lowest BCUT2D eigenvalue weighted by atomic mass is 10.1. The Hall–Kier alpha value is -2.51. The van der Waals surface area contributed by atoms with Crippen LogP contribution >= 0.6 is 11.3 Å². The summed E-state index contributed by atoms with van der Waals surface area (Å²) in [4.78, 5) is 20.6. The Morgan fingerprint density at radius 1 is 1.25 bits per heavy atom. The molecule has 0 saturated carbocycles. The average Bonchev–Trinajstić information content (AvgIpc) is 3.29. The zero-order valence-electron chi connectivity index (χ0n) is 16.3. The van der Waals surface area contributed by atoms with E-state index >= 15 is 0 Å². The van der Waals surface area contributed by atoms with E-state index in [0.717, 1.165) is 53.6 Å². The number of aromatic nitrogens is 3. The molecule has 0 unspecified atom stereocenters. The molecule has 0 radical (unpaired) electrons. The Kier molecular flexibility index (Phi) is 5.54. The molecule has 1 fully saturated rings. The highest BCUT2D eigenvalue weighted by atomic mass is 32.1. The summed E-state index contributed by atoms with van der Waals surface area (Å²) in [6.07, 6.45) is 2.41. The van der Waals surface area contributed by atoms with Gasteiger partial charge in [0.1, 0.15) is 5.82 Å². The molecule has 3 heterocycles. The first-order chi connectivity index (χ1) is 13.6. The number of nitrogens with one attached hydrogen (secondary N) is 1. The number of aryl methyl sites for hydroxylation is 1. The fourth-order valence-electron chi connectivity index (χ4n) is 3.69. The van der Waals surface area contributed by atoms with Gasteiger partial charge in [0.25, 0.3) is 0 Å². The third-order valence-corrected chi connectivity index (χ3v) is 6.00. The first-order valence-corrected chi connectivity index (χ1v) is 10.5. The molecular formula is C21H25N5OS. The second-order valence-electron chi connectivity index (χ2n) is 7.37. The van der Waals surface area contributed by atoms with Crippen LogP contribution in [-0.4, -0.2) is 45.7 Å². The number of thiazole rings is 1. The van der Waals surface area contributed by atoms with Crippen molar-refractivity contribution in [2.45, 2.75) is 32.2 Å². The summed E-state index contributed by atoms with van der Waals surface area (Å²) in [5.41, 5.74) is 4.66. The van der Waals surface area contributed by atoms with E-state index in [1.165, 1.54) is 11.3 Å². The van der Waals surface area contributed by atoms with E-state index in [9.17, 15) is 4.79 Å². The van der Waals surface area contributed by atoms with E-state index in [4.69, 9.17) is 0 Å². The van der Waals surface area contributed by atoms with Crippen molar-refractivity contribution in [3.8, 4) is 11.3 Å². The Bertz CT molecular complexity index is 941. The van der Waals surface area contributed by atoms with Crippen molar-refractivity contribution < 1.29 is 4.79 Å². The van der Waals surface area contributed by atoms with Crippen molar-refractivity contribution in [3.05, 3.63) is 52.5 Å². The standard InChI is InChI=1S/C21H25N5OS/c1-15-12-19(26(24-15)17-8-10-25(2)11-9-17)23-20(27)13-18-21(22-14-28-18)16-6-4-3-5-7-16/h3-7,12,14,17H,8-11,13H2,1-2H3,(H,23,27). The number of hydrogen-bond donors (Lipinski definition) is 1. The van der Waals surface area contributed by atoms with Crippen molar-refractivity contribution in [2.75, 3.05) is 25.5 Å². The third-order valence-electron chi connectivity index (χ3n) is 5.17. The van der Waals surface area contributed by atoms with Gasteiger partial charge in [-0.15, -0.1) is 11.3 Å². The summed E-state index contributed by atoms with van der Waals surface area (Å²) >= 11 is 1.52. The normalized spacial score (nSPS) is 15.6. The first kappa shape index (κ1) is 18.8. The molecule has 0 atom stereocenters. The van der Waals surface area contributed by atoms with Gasteiger partial charge < -0.3 is 10.2 Å². The summed E-state index contributed by atoms with van der Waals surface area (Å²) in [7, 11) is 2.15. The molecule has 146 valence electrons. The lowest BCUT2D eigenvalue weighted by Crippen LogP contribution is -2.32. The number of piperidine rings is 1. The molecule has 1 N–H and O–H groups in total. The molecule has 0 spiro atoms. The van der Waals surface area contributed by atoms with Crippen molar-refractivity contribution in [2.24, 2.45) is 0 Å². The highest BCUT2D eigenvalue weighted by molar-refractivity contribution is 7.10. The van der Waals surface area contributed by atoms with Gasteiger partial charge in [0.15, 0.2) is 0 Å². The summed E-state index contributed by atoms with van der Waals surface area (Å²) < 4.78 is 2.00. The van der Waals surface area contributed by atoms with E-state index in [-0.39, 0.29) is 5.91 Å². The molecule has 4 rings (SSSR count). The lowest BCUT2D eigenvalue weighted by molar-refractivity contribution is -0.115. The van der Waals surface area contributed by atoms with Gasteiger partial charge in [-0.3, -0.25) is 4.79 Å². The second-order valence-corrected chi connectivity index (χ2v) is 8.30. The fraction of sp³-hybridized carbons (Fsp3) is 0.381. The van der Waals surface area contributed by atoms with Crippen LogP contribution in [0.5, 0.6) is 0 Å². The van der Waals surface area contributed by atoms with Crippen molar-refractivity contribution in [1.29, 1.82) is 0 Å². The van der Waals surface area contributed by atoms with Crippen molar-refractivity contribution >= 4 is 23.1 Å². The molecule has 0 aliphatic carbocycles. The van der Waals surface area contributed by atoms with Crippen molar-refractivity contribution in [1.82, 2.24) is 19.7 Å². The third kappa shape index (κ3) is 4.15.